The summed E-state index contributed by atoms with van der Waals surface area (Å²) in [6.07, 6.45) is 2.40. The third kappa shape index (κ3) is 12.4. The molecule has 0 aromatic heterocycles. The Morgan fingerprint density at radius 1 is 0.917 bits per heavy atom. The van der Waals surface area contributed by atoms with Gasteiger partial charge < -0.3 is 9.84 Å². The van der Waals surface area contributed by atoms with E-state index in [-0.39, 0.29) is 35.7 Å². The fourth-order valence-corrected chi connectivity index (χ4v) is 3.15. The molecule has 0 radical (unpaired) electrons. The number of carbonyl (C=O) groups is 2. The molecule has 0 spiro atoms. The van der Waals surface area contributed by atoms with Gasteiger partial charge in [-0.3, -0.25) is 9.59 Å². The molecule has 1 atom stereocenters. The minimum absolute atomic E-state index is 0.0539. The van der Waals surface area contributed by atoms with Crippen LogP contribution in [-0.2, 0) is 14.3 Å². The van der Waals surface area contributed by atoms with Gasteiger partial charge in [-0.2, -0.15) is 0 Å². The van der Waals surface area contributed by atoms with Crippen molar-refractivity contribution in [3.8, 4) is 0 Å². The van der Waals surface area contributed by atoms with E-state index in [9.17, 15) is 9.59 Å². The second-order valence-electron chi connectivity index (χ2n) is 9.84. The van der Waals surface area contributed by atoms with Gasteiger partial charge in [-0.15, -0.1) is 0 Å². The van der Waals surface area contributed by atoms with Gasteiger partial charge in [-0.1, -0.05) is 55.4 Å². The van der Waals surface area contributed by atoms with Gasteiger partial charge in [0.2, 0.25) is 0 Å². The first-order chi connectivity index (χ1) is 10.7. The Bertz CT molecular complexity index is 383. The van der Waals surface area contributed by atoms with E-state index in [0.717, 1.165) is 19.3 Å². The zero-order valence-corrected chi connectivity index (χ0v) is 16.9. The third-order valence-electron chi connectivity index (χ3n) is 3.80. The van der Waals surface area contributed by atoms with Crippen LogP contribution >= 0.6 is 0 Å². The number of carbonyl (C=O) groups excluding carboxylic acids is 1. The summed E-state index contributed by atoms with van der Waals surface area (Å²) in [6, 6.07) is 0. The normalized spacial score (nSPS) is 14.1. The number of esters is 1. The van der Waals surface area contributed by atoms with Crippen LogP contribution in [0, 0.1) is 22.7 Å². The average molecular weight is 343 g/mol. The number of hydrogen-bond acceptors (Lipinski definition) is 3. The van der Waals surface area contributed by atoms with Crippen LogP contribution in [0.15, 0.2) is 0 Å². The topological polar surface area (TPSA) is 63.6 Å². The molecule has 0 bridgehead atoms. The van der Waals surface area contributed by atoms with Gasteiger partial charge in [0.15, 0.2) is 0 Å². The predicted molar refractivity (Wildman–Crippen MR) is 97.8 cm³/mol. The van der Waals surface area contributed by atoms with Crippen LogP contribution in [0.3, 0.4) is 0 Å². The van der Waals surface area contributed by atoms with Gasteiger partial charge in [-0.05, 0) is 41.9 Å². The molecule has 24 heavy (non-hydrogen) atoms. The maximum atomic E-state index is 12.1. The summed E-state index contributed by atoms with van der Waals surface area (Å²) in [5.41, 5.74) is 0.303. The zero-order chi connectivity index (χ0) is 19.1. The summed E-state index contributed by atoms with van der Waals surface area (Å²) >= 11 is 0. The fraction of sp³-hybridized carbons (Fsp3) is 0.900. The van der Waals surface area contributed by atoms with Crippen molar-refractivity contribution in [3.63, 3.8) is 0 Å². The second kappa shape index (κ2) is 9.43. The van der Waals surface area contributed by atoms with Crippen molar-refractivity contribution in [3.05, 3.63) is 0 Å². The van der Waals surface area contributed by atoms with E-state index in [1.807, 2.05) is 0 Å². The van der Waals surface area contributed by atoms with Gasteiger partial charge in [0, 0.05) is 0 Å². The monoisotopic (exact) mass is 342 g/mol. The molecular weight excluding hydrogens is 304 g/mol. The molecule has 4 heteroatoms. The minimum atomic E-state index is -0.965. The highest BCUT2D eigenvalue weighted by molar-refractivity contribution is 5.76. The number of rotatable bonds is 9. The standard InChI is InChI=1S/C20H38O4/c1-14(2)11-16(24-18(23)10-9-17(21)22)15(12-19(3,4)5)13-20(6,7)8/h14-16H,9-13H2,1-8H3,(H,21,22). The molecule has 142 valence electrons. The van der Waals surface area contributed by atoms with Gasteiger partial charge in [-0.25, -0.2) is 0 Å². The van der Waals surface area contributed by atoms with Gasteiger partial charge >= 0.3 is 11.9 Å². The van der Waals surface area contributed by atoms with Crippen LogP contribution in [-0.4, -0.2) is 23.1 Å². The van der Waals surface area contributed by atoms with E-state index in [1.165, 1.54) is 0 Å². The van der Waals surface area contributed by atoms with Gasteiger partial charge in [0.25, 0.3) is 0 Å². The quantitative estimate of drug-likeness (QED) is 0.578. The molecule has 0 aliphatic heterocycles. The third-order valence-corrected chi connectivity index (χ3v) is 3.80. The maximum Gasteiger partial charge on any atom is 0.306 e. The van der Waals surface area contributed by atoms with Crippen molar-refractivity contribution in [2.45, 2.75) is 93.6 Å². The van der Waals surface area contributed by atoms with Crippen molar-refractivity contribution < 1.29 is 19.4 Å². The van der Waals surface area contributed by atoms with E-state index < -0.39 is 11.9 Å². The molecule has 0 rings (SSSR count). The van der Waals surface area contributed by atoms with E-state index in [2.05, 4.69) is 55.4 Å². The lowest BCUT2D eigenvalue weighted by atomic mass is 9.73. The Labute approximate surface area is 148 Å². The summed E-state index contributed by atoms with van der Waals surface area (Å²) in [5, 5.41) is 8.75. The number of aliphatic carboxylic acids is 1. The molecule has 0 heterocycles. The van der Waals surface area contributed by atoms with Gasteiger partial charge in [0.1, 0.15) is 6.10 Å². The minimum Gasteiger partial charge on any atom is -0.481 e. The van der Waals surface area contributed by atoms with Gasteiger partial charge in [0.05, 0.1) is 12.8 Å². The van der Waals surface area contributed by atoms with E-state index in [1.54, 1.807) is 0 Å². The molecule has 1 unspecified atom stereocenters. The summed E-state index contributed by atoms with van der Waals surface area (Å²) < 4.78 is 5.76. The summed E-state index contributed by atoms with van der Waals surface area (Å²) in [7, 11) is 0. The molecule has 1 N–H and O–H groups in total. The first-order valence-electron chi connectivity index (χ1n) is 9.11. The lowest BCUT2D eigenvalue weighted by molar-refractivity contribution is -0.156. The maximum absolute atomic E-state index is 12.1. The molecule has 0 aromatic rings. The number of carboxylic acid groups (broad SMARTS) is 1. The molecular formula is C20H38O4. The van der Waals surface area contributed by atoms with E-state index >= 15 is 0 Å². The smallest absolute Gasteiger partial charge is 0.306 e. The highest BCUT2D eigenvalue weighted by Crippen LogP contribution is 2.37. The van der Waals surface area contributed by atoms with Crippen molar-refractivity contribution in [2.24, 2.45) is 22.7 Å². The second-order valence-corrected chi connectivity index (χ2v) is 9.84. The first-order valence-corrected chi connectivity index (χ1v) is 9.11. The lowest BCUT2D eigenvalue weighted by Gasteiger charge is -2.36. The molecule has 4 nitrogen and oxygen atoms in total. The summed E-state index contributed by atoms with van der Waals surface area (Å²) in [6.45, 7) is 17.5. The largest absolute Gasteiger partial charge is 0.481 e. The van der Waals surface area contributed by atoms with Crippen LogP contribution in [0.1, 0.15) is 87.5 Å². The Morgan fingerprint density at radius 3 is 1.71 bits per heavy atom. The van der Waals surface area contributed by atoms with E-state index in [4.69, 9.17) is 9.84 Å². The van der Waals surface area contributed by atoms with E-state index in [0.29, 0.717) is 5.92 Å². The van der Waals surface area contributed by atoms with Crippen LogP contribution in [0.25, 0.3) is 0 Å². The first kappa shape index (κ1) is 22.9. The highest BCUT2D eigenvalue weighted by Gasteiger charge is 2.32. The zero-order valence-electron chi connectivity index (χ0n) is 16.9. The summed E-state index contributed by atoms with van der Waals surface area (Å²) in [4.78, 5) is 22.8. The van der Waals surface area contributed by atoms with Crippen molar-refractivity contribution in [1.29, 1.82) is 0 Å². The Morgan fingerprint density at radius 2 is 1.38 bits per heavy atom. The number of carboxylic acids is 1. The Hall–Kier alpha value is -1.06. The number of ether oxygens (including phenoxy) is 1. The molecule has 0 aromatic carbocycles. The van der Waals surface area contributed by atoms with Crippen LogP contribution in [0.2, 0.25) is 0 Å². The molecule has 0 aliphatic carbocycles. The molecule has 0 saturated carbocycles. The lowest BCUT2D eigenvalue weighted by Crippen LogP contribution is -2.34. The van der Waals surface area contributed by atoms with Crippen molar-refractivity contribution >= 4 is 11.9 Å². The predicted octanol–water partition coefficient (Wildman–Crippen LogP) is 5.30. The van der Waals surface area contributed by atoms with Crippen LogP contribution in [0.4, 0.5) is 0 Å². The molecule has 0 amide bonds. The Kier molecular flexibility index (Phi) is 9.01. The SMILES string of the molecule is CC(C)CC(OC(=O)CCC(=O)O)C(CC(C)(C)C)CC(C)(C)C. The van der Waals surface area contributed by atoms with Crippen molar-refractivity contribution in [2.75, 3.05) is 0 Å². The molecule has 0 saturated heterocycles. The molecule has 0 fully saturated rings. The Balaban J connectivity index is 5.19. The molecule has 0 aliphatic rings. The van der Waals surface area contributed by atoms with Crippen LogP contribution in [0.5, 0.6) is 0 Å². The van der Waals surface area contributed by atoms with Crippen LogP contribution < -0.4 is 0 Å². The number of hydrogen-bond donors (Lipinski definition) is 1. The highest BCUT2D eigenvalue weighted by atomic mass is 16.5. The van der Waals surface area contributed by atoms with Crippen molar-refractivity contribution in [1.82, 2.24) is 0 Å². The fourth-order valence-electron chi connectivity index (χ4n) is 3.15. The average Bonchev–Trinajstić information content (AvgIpc) is 2.30. The summed E-state index contributed by atoms with van der Waals surface area (Å²) in [5.74, 6) is -0.657.